The lowest BCUT2D eigenvalue weighted by atomic mass is 10.1. The highest BCUT2D eigenvalue weighted by atomic mass is 79.9. The van der Waals surface area contributed by atoms with Crippen LogP contribution in [0.3, 0.4) is 0 Å². The Kier molecular flexibility index (Phi) is 3.97. The average Bonchev–Trinajstić information content (AvgIpc) is 2.49. The maximum atomic E-state index is 12.6. The summed E-state index contributed by atoms with van der Waals surface area (Å²) in [7, 11) is 3.69. The molecule has 1 N–H and O–H groups in total. The number of rotatable bonds is 2. The predicted octanol–water partition coefficient (Wildman–Crippen LogP) is 3.08. The van der Waals surface area contributed by atoms with Gasteiger partial charge in [-0.3, -0.25) is 4.79 Å². The van der Waals surface area contributed by atoms with Crippen LogP contribution in [0, 0.1) is 13.8 Å². The summed E-state index contributed by atoms with van der Waals surface area (Å²) in [6.07, 6.45) is 0. The number of hydrogen-bond acceptors (Lipinski definition) is 5. The van der Waals surface area contributed by atoms with Crippen molar-refractivity contribution in [2.24, 2.45) is 0 Å². The van der Waals surface area contributed by atoms with Crippen LogP contribution in [-0.4, -0.2) is 41.5 Å². The van der Waals surface area contributed by atoms with Gasteiger partial charge in [0.2, 0.25) is 0 Å². The highest BCUT2D eigenvalue weighted by Gasteiger charge is 2.30. The first-order valence-corrected chi connectivity index (χ1v) is 8.05. The van der Waals surface area contributed by atoms with E-state index in [0.29, 0.717) is 29.7 Å². The molecule has 0 atom stereocenters. The summed E-state index contributed by atoms with van der Waals surface area (Å²) in [5, 5.41) is 3.30. The predicted molar refractivity (Wildman–Crippen MR) is 94.3 cm³/mol. The van der Waals surface area contributed by atoms with E-state index in [1.165, 1.54) is 0 Å². The number of nitrogens with one attached hydrogen (secondary N) is 1. The highest BCUT2D eigenvalue weighted by molar-refractivity contribution is 9.10. The van der Waals surface area contributed by atoms with Gasteiger partial charge in [0.15, 0.2) is 0 Å². The second-order valence-corrected chi connectivity index (χ2v) is 6.55. The van der Waals surface area contributed by atoms with Crippen LogP contribution < -0.4 is 10.2 Å². The fourth-order valence-electron chi connectivity index (χ4n) is 2.63. The molecule has 7 heteroatoms. The Labute approximate surface area is 143 Å². The molecule has 0 unspecified atom stereocenters. The van der Waals surface area contributed by atoms with E-state index in [0.717, 1.165) is 15.7 Å². The minimum Gasteiger partial charge on any atom is -0.341 e. The van der Waals surface area contributed by atoms with Gasteiger partial charge in [0.1, 0.15) is 23.0 Å². The Bertz CT molecular complexity index is 792. The first kappa shape index (κ1) is 15.7. The van der Waals surface area contributed by atoms with E-state index in [9.17, 15) is 4.79 Å². The minimum atomic E-state index is -0.0757. The molecule has 0 spiro atoms. The maximum Gasteiger partial charge on any atom is 0.262 e. The quantitative estimate of drug-likeness (QED) is 0.873. The Morgan fingerprint density at radius 1 is 1.17 bits per heavy atom. The molecule has 0 bridgehead atoms. The van der Waals surface area contributed by atoms with Crippen molar-refractivity contribution in [3.8, 4) is 0 Å². The lowest BCUT2D eigenvalue weighted by Gasteiger charge is -2.33. The SMILES string of the molecule is Cc1nc(Nc2cccc(Br)c2C)c2c(n1)N(C)CN(C)C2=O. The first-order chi connectivity index (χ1) is 10.9. The molecule has 120 valence electrons. The molecule has 2 heterocycles. The van der Waals surface area contributed by atoms with Gasteiger partial charge in [0.05, 0.1) is 6.67 Å². The largest absolute Gasteiger partial charge is 0.341 e. The molecule has 0 radical (unpaired) electrons. The molecule has 0 fully saturated rings. The van der Waals surface area contributed by atoms with E-state index < -0.39 is 0 Å². The molecule has 23 heavy (non-hydrogen) atoms. The van der Waals surface area contributed by atoms with Gasteiger partial charge in [-0.25, -0.2) is 9.97 Å². The van der Waals surface area contributed by atoms with Crippen molar-refractivity contribution >= 4 is 39.2 Å². The number of aromatic nitrogens is 2. The number of anilines is 3. The number of amides is 1. The van der Waals surface area contributed by atoms with Crippen LogP contribution >= 0.6 is 15.9 Å². The zero-order valence-corrected chi connectivity index (χ0v) is 15.1. The molecule has 1 aliphatic heterocycles. The molecule has 1 aliphatic rings. The third-order valence-corrected chi connectivity index (χ3v) is 4.73. The second kappa shape index (κ2) is 5.81. The summed E-state index contributed by atoms with van der Waals surface area (Å²) in [5.74, 6) is 1.75. The lowest BCUT2D eigenvalue weighted by molar-refractivity contribution is 0.0784. The molecule has 6 nitrogen and oxygen atoms in total. The van der Waals surface area contributed by atoms with E-state index in [1.807, 2.05) is 44.0 Å². The van der Waals surface area contributed by atoms with Crippen LogP contribution in [-0.2, 0) is 0 Å². The van der Waals surface area contributed by atoms with E-state index in [1.54, 1.807) is 11.9 Å². The Morgan fingerprint density at radius 2 is 1.91 bits per heavy atom. The van der Waals surface area contributed by atoms with Crippen molar-refractivity contribution in [3.63, 3.8) is 0 Å². The van der Waals surface area contributed by atoms with Gasteiger partial charge in [0, 0.05) is 24.3 Å². The average molecular weight is 376 g/mol. The van der Waals surface area contributed by atoms with Gasteiger partial charge in [-0.1, -0.05) is 22.0 Å². The molecule has 1 aromatic heterocycles. The standard InChI is InChI=1S/C16H18BrN5O/c1-9-11(17)6-5-7-12(9)20-14-13-15(19-10(2)18-14)21(3)8-22(4)16(13)23/h5-7H,8H2,1-4H3,(H,18,19,20). The Morgan fingerprint density at radius 3 is 2.65 bits per heavy atom. The zero-order valence-electron chi connectivity index (χ0n) is 13.5. The smallest absolute Gasteiger partial charge is 0.262 e. The van der Waals surface area contributed by atoms with Crippen molar-refractivity contribution in [3.05, 3.63) is 39.6 Å². The highest BCUT2D eigenvalue weighted by Crippen LogP contribution is 2.32. The monoisotopic (exact) mass is 375 g/mol. The molecule has 0 aliphatic carbocycles. The number of halogens is 1. The Hall–Kier alpha value is -2.15. The molecular formula is C16H18BrN5O. The van der Waals surface area contributed by atoms with Crippen LogP contribution in [0.2, 0.25) is 0 Å². The number of aryl methyl sites for hydroxylation is 1. The third kappa shape index (κ3) is 2.76. The molecule has 3 rings (SSSR count). The number of carbonyl (C=O) groups is 1. The van der Waals surface area contributed by atoms with Crippen molar-refractivity contribution in [1.29, 1.82) is 0 Å². The number of carbonyl (C=O) groups excluding carboxylic acids is 1. The fourth-order valence-corrected chi connectivity index (χ4v) is 3.00. The minimum absolute atomic E-state index is 0.0757. The van der Waals surface area contributed by atoms with Gasteiger partial charge >= 0.3 is 0 Å². The van der Waals surface area contributed by atoms with E-state index in [4.69, 9.17) is 0 Å². The van der Waals surface area contributed by atoms with Crippen molar-refractivity contribution in [2.75, 3.05) is 31.0 Å². The number of hydrogen-bond donors (Lipinski definition) is 1. The van der Waals surface area contributed by atoms with Gasteiger partial charge < -0.3 is 15.1 Å². The lowest BCUT2D eigenvalue weighted by Crippen LogP contribution is -2.43. The fraction of sp³-hybridized carbons (Fsp3) is 0.312. The zero-order chi connectivity index (χ0) is 16.7. The van der Waals surface area contributed by atoms with E-state index in [2.05, 4.69) is 31.2 Å². The van der Waals surface area contributed by atoms with Crippen molar-refractivity contribution in [1.82, 2.24) is 14.9 Å². The number of nitrogens with zero attached hydrogens (tertiary/aromatic N) is 4. The van der Waals surface area contributed by atoms with Crippen LogP contribution in [0.1, 0.15) is 21.7 Å². The Balaban J connectivity index is 2.13. The molecule has 0 saturated heterocycles. The summed E-state index contributed by atoms with van der Waals surface area (Å²) in [6.45, 7) is 4.35. The van der Waals surface area contributed by atoms with Crippen LogP contribution in [0.5, 0.6) is 0 Å². The molecule has 0 saturated carbocycles. The van der Waals surface area contributed by atoms with Crippen LogP contribution in [0.15, 0.2) is 22.7 Å². The topological polar surface area (TPSA) is 61.4 Å². The third-order valence-electron chi connectivity index (χ3n) is 3.87. The van der Waals surface area contributed by atoms with Crippen LogP contribution in [0.25, 0.3) is 0 Å². The molecule has 1 aromatic carbocycles. The summed E-state index contributed by atoms with van der Waals surface area (Å²) < 4.78 is 1.00. The number of benzene rings is 1. The van der Waals surface area contributed by atoms with Gasteiger partial charge in [-0.2, -0.15) is 0 Å². The molecule has 2 aromatic rings. The van der Waals surface area contributed by atoms with Gasteiger partial charge in [0.25, 0.3) is 5.91 Å². The van der Waals surface area contributed by atoms with E-state index in [-0.39, 0.29) is 5.91 Å². The second-order valence-electron chi connectivity index (χ2n) is 5.70. The summed E-state index contributed by atoms with van der Waals surface area (Å²) in [6, 6.07) is 5.89. The number of fused-ring (bicyclic) bond motifs is 1. The van der Waals surface area contributed by atoms with Crippen LogP contribution in [0.4, 0.5) is 17.3 Å². The summed E-state index contributed by atoms with van der Waals surface area (Å²) in [4.78, 5) is 25.1. The molecule has 1 amide bonds. The normalized spacial score (nSPS) is 14.0. The summed E-state index contributed by atoms with van der Waals surface area (Å²) in [5.41, 5.74) is 2.47. The van der Waals surface area contributed by atoms with Crippen molar-refractivity contribution in [2.45, 2.75) is 13.8 Å². The van der Waals surface area contributed by atoms with Gasteiger partial charge in [-0.05, 0) is 31.5 Å². The summed E-state index contributed by atoms with van der Waals surface area (Å²) >= 11 is 3.52. The molecular weight excluding hydrogens is 358 g/mol. The van der Waals surface area contributed by atoms with Gasteiger partial charge in [-0.15, -0.1) is 0 Å². The van der Waals surface area contributed by atoms with Crippen molar-refractivity contribution < 1.29 is 4.79 Å². The van der Waals surface area contributed by atoms with E-state index >= 15 is 0 Å². The first-order valence-electron chi connectivity index (χ1n) is 7.26. The maximum absolute atomic E-state index is 12.6.